The summed E-state index contributed by atoms with van der Waals surface area (Å²) in [4.78, 5) is 14.2. The summed E-state index contributed by atoms with van der Waals surface area (Å²) in [6.45, 7) is 3.20. The molecule has 0 unspecified atom stereocenters. The van der Waals surface area contributed by atoms with Crippen molar-refractivity contribution in [3.8, 4) is 6.07 Å². The molecule has 0 bridgehead atoms. The summed E-state index contributed by atoms with van der Waals surface area (Å²) < 4.78 is 5.53. The van der Waals surface area contributed by atoms with Crippen molar-refractivity contribution in [3.63, 3.8) is 0 Å². The fourth-order valence-electron chi connectivity index (χ4n) is 2.74. The lowest BCUT2D eigenvalue weighted by atomic mass is 9.79. The molecule has 1 fully saturated rings. The van der Waals surface area contributed by atoms with Crippen LogP contribution in [-0.4, -0.2) is 25.2 Å². The molecule has 0 N–H and O–H groups in total. The van der Waals surface area contributed by atoms with E-state index in [2.05, 4.69) is 6.07 Å². The number of carbonyl (C=O) groups excluding carboxylic acids is 1. The summed E-state index contributed by atoms with van der Waals surface area (Å²) in [5, 5.41) is 8.77. The van der Waals surface area contributed by atoms with Crippen molar-refractivity contribution < 1.29 is 9.53 Å². The van der Waals surface area contributed by atoms with Gasteiger partial charge in [0.1, 0.15) is 0 Å². The lowest BCUT2D eigenvalue weighted by Crippen LogP contribution is -2.38. The van der Waals surface area contributed by atoms with E-state index in [4.69, 9.17) is 10.00 Å². The van der Waals surface area contributed by atoms with Crippen molar-refractivity contribution in [1.82, 2.24) is 0 Å². The van der Waals surface area contributed by atoms with Crippen molar-refractivity contribution in [3.05, 3.63) is 30.3 Å². The van der Waals surface area contributed by atoms with Crippen LogP contribution in [0.5, 0.6) is 0 Å². The number of hydrogen-bond donors (Lipinski definition) is 0. The largest absolute Gasteiger partial charge is 0.378 e. The average Bonchev–Trinajstić information content (AvgIpc) is 2.46. The van der Waals surface area contributed by atoms with Crippen LogP contribution in [0.15, 0.2) is 30.3 Å². The Balaban J connectivity index is 1.91. The minimum absolute atomic E-state index is 0.108. The zero-order valence-electron chi connectivity index (χ0n) is 12.5. The van der Waals surface area contributed by atoms with E-state index in [1.54, 1.807) is 4.90 Å². The summed E-state index contributed by atoms with van der Waals surface area (Å²) >= 11 is 0. The molecule has 1 aromatic carbocycles. The summed E-state index contributed by atoms with van der Waals surface area (Å²) in [6, 6.07) is 11.7. The molecule has 112 valence electrons. The van der Waals surface area contributed by atoms with E-state index >= 15 is 0 Å². The molecule has 4 heteroatoms. The quantitative estimate of drug-likeness (QED) is 0.773. The first-order valence-corrected chi connectivity index (χ1v) is 7.58. The number of anilines is 1. The fourth-order valence-corrected chi connectivity index (χ4v) is 2.74. The van der Waals surface area contributed by atoms with Gasteiger partial charge in [-0.15, -0.1) is 0 Å². The zero-order chi connectivity index (χ0) is 15.1. The highest BCUT2D eigenvalue weighted by Crippen LogP contribution is 2.33. The van der Waals surface area contributed by atoms with Crippen molar-refractivity contribution >= 4 is 11.6 Å². The Morgan fingerprint density at radius 1 is 1.38 bits per heavy atom. The van der Waals surface area contributed by atoms with Crippen LogP contribution < -0.4 is 4.90 Å². The first-order chi connectivity index (χ1) is 10.2. The molecule has 1 aromatic rings. The van der Waals surface area contributed by atoms with E-state index in [9.17, 15) is 4.79 Å². The van der Waals surface area contributed by atoms with Gasteiger partial charge in [0.05, 0.1) is 18.6 Å². The van der Waals surface area contributed by atoms with E-state index < -0.39 is 0 Å². The summed E-state index contributed by atoms with van der Waals surface area (Å²) in [5.74, 6) is 0.527. The van der Waals surface area contributed by atoms with Crippen LogP contribution in [0.4, 0.5) is 5.69 Å². The number of nitrogens with zero attached hydrogens (tertiary/aromatic N) is 2. The van der Waals surface area contributed by atoms with Crippen LogP contribution in [0.3, 0.4) is 0 Å². The van der Waals surface area contributed by atoms with Crippen LogP contribution in [0, 0.1) is 17.2 Å². The van der Waals surface area contributed by atoms with Gasteiger partial charge in [0.15, 0.2) is 0 Å². The Morgan fingerprint density at radius 3 is 2.71 bits per heavy atom. The van der Waals surface area contributed by atoms with E-state index in [1.807, 2.05) is 37.3 Å². The monoisotopic (exact) mass is 286 g/mol. The number of nitriles is 1. The van der Waals surface area contributed by atoms with Gasteiger partial charge in [-0.25, -0.2) is 0 Å². The molecule has 0 aliphatic heterocycles. The molecule has 2 rings (SSSR count). The predicted octanol–water partition coefficient (Wildman–Crippen LogP) is 3.14. The molecule has 1 saturated carbocycles. The average molecular weight is 286 g/mol. The first kappa shape index (κ1) is 15.5. The molecule has 1 aliphatic carbocycles. The minimum atomic E-state index is 0.108. The van der Waals surface area contributed by atoms with Gasteiger partial charge in [0, 0.05) is 25.3 Å². The highest BCUT2D eigenvalue weighted by atomic mass is 16.5. The molecular formula is C17H22N2O2. The molecule has 0 aromatic heterocycles. The molecule has 0 radical (unpaired) electrons. The van der Waals surface area contributed by atoms with E-state index in [0.29, 0.717) is 31.4 Å². The fraction of sp³-hybridized carbons (Fsp3) is 0.529. The van der Waals surface area contributed by atoms with Gasteiger partial charge in [-0.1, -0.05) is 18.2 Å². The third kappa shape index (κ3) is 4.30. The number of hydrogen-bond acceptors (Lipinski definition) is 3. The molecule has 0 heterocycles. The number of para-hydroxylation sites is 1. The van der Waals surface area contributed by atoms with Crippen LogP contribution >= 0.6 is 0 Å². The molecule has 4 nitrogen and oxygen atoms in total. The van der Waals surface area contributed by atoms with Gasteiger partial charge < -0.3 is 9.64 Å². The normalized spacial score (nSPS) is 20.4. The van der Waals surface area contributed by atoms with Gasteiger partial charge in [0.25, 0.3) is 0 Å². The highest BCUT2D eigenvalue weighted by molar-refractivity contribution is 5.93. The maximum Gasteiger partial charge on any atom is 0.227 e. The van der Waals surface area contributed by atoms with Gasteiger partial charge >= 0.3 is 0 Å². The van der Waals surface area contributed by atoms with Crippen LogP contribution in [0.25, 0.3) is 0 Å². The van der Waals surface area contributed by atoms with Crippen molar-refractivity contribution in [2.75, 3.05) is 18.1 Å². The molecular weight excluding hydrogens is 264 g/mol. The van der Waals surface area contributed by atoms with Crippen LogP contribution in [-0.2, 0) is 9.53 Å². The Hall–Kier alpha value is -1.86. The zero-order valence-corrected chi connectivity index (χ0v) is 12.5. The molecule has 0 spiro atoms. The summed E-state index contributed by atoms with van der Waals surface area (Å²) in [7, 11) is 0. The molecule has 0 saturated heterocycles. The Kier molecular flexibility index (Phi) is 5.77. The minimum Gasteiger partial charge on any atom is -0.378 e. The predicted molar refractivity (Wildman–Crippen MR) is 81.8 cm³/mol. The van der Waals surface area contributed by atoms with Crippen LogP contribution in [0.2, 0.25) is 0 Å². The second-order valence-corrected chi connectivity index (χ2v) is 5.41. The standard InChI is InChI=1S/C17H22N2O2/c1-2-21-16-11-14(12-16)13-17(20)19(10-6-9-18)15-7-4-3-5-8-15/h3-5,7-8,14,16H,2,6,10-13H2,1H3. The number of amides is 1. The summed E-state index contributed by atoms with van der Waals surface area (Å²) in [5.41, 5.74) is 0.874. The maximum absolute atomic E-state index is 12.5. The number of benzene rings is 1. The van der Waals surface area contributed by atoms with Gasteiger partial charge in [-0.05, 0) is 37.8 Å². The second kappa shape index (κ2) is 7.80. The highest BCUT2D eigenvalue weighted by Gasteiger charge is 2.32. The maximum atomic E-state index is 12.5. The molecule has 1 aliphatic rings. The Labute approximate surface area is 126 Å². The molecule has 1 amide bonds. The van der Waals surface area contributed by atoms with E-state index in [1.165, 1.54) is 0 Å². The SMILES string of the molecule is CCOC1CC(CC(=O)N(CCC#N)c2ccccc2)C1. The Morgan fingerprint density at radius 2 is 2.10 bits per heavy atom. The number of carbonyl (C=O) groups is 1. The van der Waals surface area contributed by atoms with Crippen LogP contribution in [0.1, 0.15) is 32.6 Å². The van der Waals surface area contributed by atoms with Gasteiger partial charge in [-0.3, -0.25) is 4.79 Å². The van der Waals surface area contributed by atoms with E-state index in [0.717, 1.165) is 25.1 Å². The smallest absolute Gasteiger partial charge is 0.227 e. The number of ether oxygens (including phenoxy) is 1. The third-order valence-electron chi connectivity index (χ3n) is 3.87. The second-order valence-electron chi connectivity index (χ2n) is 5.41. The van der Waals surface area contributed by atoms with Crippen molar-refractivity contribution in [1.29, 1.82) is 5.26 Å². The van der Waals surface area contributed by atoms with E-state index in [-0.39, 0.29) is 5.91 Å². The van der Waals surface area contributed by atoms with Gasteiger partial charge in [0.2, 0.25) is 5.91 Å². The Bertz CT molecular complexity index is 489. The molecule has 0 atom stereocenters. The number of rotatable bonds is 7. The first-order valence-electron chi connectivity index (χ1n) is 7.58. The van der Waals surface area contributed by atoms with Gasteiger partial charge in [-0.2, -0.15) is 5.26 Å². The lowest BCUT2D eigenvalue weighted by Gasteiger charge is -2.35. The lowest BCUT2D eigenvalue weighted by molar-refractivity contribution is -0.121. The topological polar surface area (TPSA) is 53.3 Å². The van der Waals surface area contributed by atoms with Crippen molar-refractivity contribution in [2.45, 2.75) is 38.7 Å². The molecule has 21 heavy (non-hydrogen) atoms. The van der Waals surface area contributed by atoms with Crippen molar-refractivity contribution in [2.24, 2.45) is 5.92 Å². The third-order valence-corrected chi connectivity index (χ3v) is 3.87. The summed E-state index contributed by atoms with van der Waals surface area (Å²) in [6.07, 6.45) is 3.18.